The largest absolute Gasteiger partial charge is 0.383 e. The number of piperazine rings is 1. The van der Waals surface area contributed by atoms with E-state index in [0.717, 1.165) is 17.3 Å². The lowest BCUT2D eigenvalue weighted by molar-refractivity contribution is 0.171. The highest BCUT2D eigenvalue weighted by atomic mass is 19.1. The summed E-state index contributed by atoms with van der Waals surface area (Å²) < 4.78 is 21.4. The van der Waals surface area contributed by atoms with Crippen molar-refractivity contribution in [1.29, 1.82) is 0 Å². The maximum absolute atomic E-state index is 14.4. The molecule has 1 N–H and O–H groups in total. The first-order valence-corrected chi connectivity index (χ1v) is 12.2. The van der Waals surface area contributed by atoms with E-state index in [-0.39, 0.29) is 11.4 Å². The Labute approximate surface area is 208 Å². The van der Waals surface area contributed by atoms with Crippen LogP contribution in [0.15, 0.2) is 53.3 Å². The van der Waals surface area contributed by atoms with Gasteiger partial charge in [0.05, 0.1) is 18.8 Å². The Balaban J connectivity index is 1.53. The molecule has 1 saturated heterocycles. The fourth-order valence-electron chi connectivity index (χ4n) is 4.87. The molecule has 3 heterocycles. The second kappa shape index (κ2) is 10.5. The van der Waals surface area contributed by atoms with E-state index < -0.39 is 6.04 Å². The highest BCUT2D eigenvalue weighted by molar-refractivity contribution is 5.80. The third-order valence-corrected chi connectivity index (χ3v) is 6.82. The Kier molecular flexibility index (Phi) is 7.06. The maximum Gasteiger partial charge on any atom is 0.253 e. The number of ether oxygens (including phenoxy) is 1. The lowest BCUT2D eigenvalue weighted by atomic mass is 10.0. The van der Waals surface area contributed by atoms with Gasteiger partial charge in [-0.05, 0) is 58.1 Å². The van der Waals surface area contributed by atoms with Gasteiger partial charge >= 0.3 is 0 Å². The molecule has 0 radical (unpaired) electrons. The molecule has 0 spiro atoms. The normalized spacial score (nSPS) is 15.5. The van der Waals surface area contributed by atoms with Crippen LogP contribution in [0.5, 0.6) is 0 Å². The van der Waals surface area contributed by atoms with E-state index in [9.17, 15) is 9.18 Å². The smallest absolute Gasteiger partial charge is 0.253 e. The van der Waals surface area contributed by atoms with Gasteiger partial charge in [-0.15, -0.1) is 5.10 Å². The first-order valence-electron chi connectivity index (χ1n) is 12.2. The average Bonchev–Trinajstić information content (AvgIpc) is 3.36. The zero-order valence-electron chi connectivity index (χ0n) is 20.5. The van der Waals surface area contributed by atoms with Crippen LogP contribution in [0.25, 0.3) is 10.9 Å². The summed E-state index contributed by atoms with van der Waals surface area (Å²) in [6.07, 6.45) is 0.904. The van der Waals surface area contributed by atoms with Crippen molar-refractivity contribution >= 4 is 16.6 Å². The fourth-order valence-corrected chi connectivity index (χ4v) is 4.87. The zero-order valence-corrected chi connectivity index (χ0v) is 20.5. The van der Waals surface area contributed by atoms with Gasteiger partial charge in [0.15, 0.2) is 5.82 Å². The number of fused-ring (bicyclic) bond motifs is 1. The molecule has 1 fully saturated rings. The standard InChI is InChI=1S/C26H30FN7O2/c1-3-18-8-9-22-19(16-18)17-20(26(35)28-22)24(25-29-30-31-34(25)14-15-36-2)33-12-10-32(11-13-33)23-7-5-4-6-21(23)27/h4-9,16-17,24H,3,10-15H2,1-2H3,(H,28,35)/t24-/m1/s1. The van der Waals surface area contributed by atoms with Gasteiger partial charge < -0.3 is 14.6 Å². The molecule has 36 heavy (non-hydrogen) atoms. The number of para-hydroxylation sites is 1. The van der Waals surface area contributed by atoms with Crippen molar-refractivity contribution < 1.29 is 9.13 Å². The Hall–Kier alpha value is -3.63. The minimum absolute atomic E-state index is 0.172. The number of hydrogen-bond acceptors (Lipinski definition) is 7. The first-order chi connectivity index (χ1) is 17.6. The number of rotatable bonds is 8. The van der Waals surface area contributed by atoms with Crippen LogP contribution < -0.4 is 10.5 Å². The number of hydrogen-bond donors (Lipinski definition) is 1. The number of halogens is 1. The van der Waals surface area contributed by atoms with Crippen molar-refractivity contribution in [3.8, 4) is 0 Å². The van der Waals surface area contributed by atoms with Crippen molar-refractivity contribution in [2.45, 2.75) is 25.9 Å². The van der Waals surface area contributed by atoms with E-state index in [1.54, 1.807) is 23.9 Å². The number of aromatic nitrogens is 5. The van der Waals surface area contributed by atoms with E-state index in [1.807, 2.05) is 29.2 Å². The van der Waals surface area contributed by atoms with Gasteiger partial charge in [0, 0.05) is 44.4 Å². The summed E-state index contributed by atoms with van der Waals surface area (Å²) in [7, 11) is 1.63. The van der Waals surface area contributed by atoms with Gasteiger partial charge in [-0.25, -0.2) is 9.07 Å². The second-order valence-corrected chi connectivity index (χ2v) is 8.96. The Morgan fingerprint density at radius 2 is 1.92 bits per heavy atom. The van der Waals surface area contributed by atoms with Crippen molar-refractivity contribution in [2.24, 2.45) is 0 Å². The number of H-pyrrole nitrogens is 1. The van der Waals surface area contributed by atoms with E-state index in [4.69, 9.17) is 4.74 Å². The number of nitrogens with one attached hydrogen (secondary N) is 1. The summed E-state index contributed by atoms with van der Waals surface area (Å²) in [4.78, 5) is 20.7. The number of aromatic amines is 1. The maximum atomic E-state index is 14.4. The number of pyridine rings is 1. The summed E-state index contributed by atoms with van der Waals surface area (Å²) in [6, 6.07) is 14.4. The molecule has 2 aromatic heterocycles. The number of methoxy groups -OCH3 is 1. The molecule has 0 unspecified atom stereocenters. The molecule has 9 nitrogen and oxygen atoms in total. The van der Waals surface area contributed by atoms with Crippen LogP contribution in [0.1, 0.15) is 29.9 Å². The predicted octanol–water partition coefficient (Wildman–Crippen LogP) is 2.77. The molecule has 10 heteroatoms. The molecule has 1 aliphatic rings. The SMILES string of the molecule is CCc1ccc2[nH]c(=O)c([C@H](c3nnnn3CCOC)N3CCN(c4ccccc4F)CC3)cc2c1. The topological polar surface area (TPSA) is 92.2 Å². The van der Waals surface area contributed by atoms with Gasteiger partial charge in [-0.3, -0.25) is 9.69 Å². The van der Waals surface area contributed by atoms with Crippen molar-refractivity contribution in [3.05, 3.63) is 81.7 Å². The minimum Gasteiger partial charge on any atom is -0.383 e. The van der Waals surface area contributed by atoms with E-state index in [0.29, 0.717) is 56.4 Å². The summed E-state index contributed by atoms with van der Waals surface area (Å²) in [5.41, 5.74) is 3.00. The zero-order chi connectivity index (χ0) is 25.1. The molecule has 1 aliphatic heterocycles. The van der Waals surface area contributed by atoms with Gasteiger partial charge in [0.1, 0.15) is 11.9 Å². The second-order valence-electron chi connectivity index (χ2n) is 8.96. The monoisotopic (exact) mass is 491 g/mol. The lowest BCUT2D eigenvalue weighted by Gasteiger charge is -2.39. The molecular weight excluding hydrogens is 461 g/mol. The fraction of sp³-hybridized carbons (Fsp3) is 0.385. The molecule has 4 aromatic rings. The van der Waals surface area contributed by atoms with E-state index >= 15 is 0 Å². The average molecular weight is 492 g/mol. The lowest BCUT2D eigenvalue weighted by Crippen LogP contribution is -2.49. The van der Waals surface area contributed by atoms with Crippen LogP contribution in [0.3, 0.4) is 0 Å². The molecule has 188 valence electrons. The summed E-state index contributed by atoms with van der Waals surface area (Å²) in [5.74, 6) is 0.353. The molecule has 2 aromatic carbocycles. The molecule has 0 amide bonds. The van der Waals surface area contributed by atoms with Crippen LogP contribution in [-0.2, 0) is 17.7 Å². The summed E-state index contributed by atoms with van der Waals surface area (Å²) >= 11 is 0. The van der Waals surface area contributed by atoms with Crippen molar-refractivity contribution in [2.75, 3.05) is 44.8 Å². The van der Waals surface area contributed by atoms with Gasteiger partial charge in [-0.1, -0.05) is 25.1 Å². The number of benzene rings is 2. The van der Waals surface area contributed by atoms with Gasteiger partial charge in [-0.2, -0.15) is 0 Å². The predicted molar refractivity (Wildman–Crippen MR) is 136 cm³/mol. The molecule has 0 aliphatic carbocycles. The summed E-state index contributed by atoms with van der Waals surface area (Å²) in [5, 5.41) is 13.4. The van der Waals surface area contributed by atoms with Crippen molar-refractivity contribution in [3.63, 3.8) is 0 Å². The van der Waals surface area contributed by atoms with Gasteiger partial charge in [0.25, 0.3) is 5.56 Å². The minimum atomic E-state index is -0.460. The molecule has 1 atom stereocenters. The van der Waals surface area contributed by atoms with Crippen LogP contribution in [-0.4, -0.2) is 70.0 Å². The molecule has 0 bridgehead atoms. The van der Waals surface area contributed by atoms with Crippen LogP contribution in [0, 0.1) is 5.82 Å². The van der Waals surface area contributed by atoms with Crippen LogP contribution in [0.4, 0.5) is 10.1 Å². The third kappa shape index (κ3) is 4.74. The third-order valence-electron chi connectivity index (χ3n) is 6.82. The van der Waals surface area contributed by atoms with Crippen molar-refractivity contribution in [1.82, 2.24) is 30.1 Å². The Morgan fingerprint density at radius 1 is 1.11 bits per heavy atom. The van der Waals surface area contributed by atoms with E-state index in [2.05, 4.69) is 38.4 Å². The van der Waals surface area contributed by atoms with Crippen LogP contribution in [0.2, 0.25) is 0 Å². The Bertz CT molecular complexity index is 1390. The highest BCUT2D eigenvalue weighted by Gasteiger charge is 2.33. The molecule has 5 rings (SSSR count). The number of anilines is 1. The van der Waals surface area contributed by atoms with E-state index in [1.165, 1.54) is 11.6 Å². The Morgan fingerprint density at radius 3 is 2.67 bits per heavy atom. The summed E-state index contributed by atoms with van der Waals surface area (Å²) in [6.45, 7) is 5.47. The quantitative estimate of drug-likeness (QED) is 0.405. The number of tetrazole rings is 1. The molecular formula is C26H30FN7O2. The molecule has 0 saturated carbocycles. The van der Waals surface area contributed by atoms with Gasteiger partial charge in [0.2, 0.25) is 0 Å². The number of nitrogens with zero attached hydrogens (tertiary/aromatic N) is 6. The first kappa shape index (κ1) is 24.1. The number of aryl methyl sites for hydroxylation is 1. The highest BCUT2D eigenvalue weighted by Crippen LogP contribution is 2.29. The van der Waals surface area contributed by atoms with Crippen LogP contribution >= 0.6 is 0 Å².